The molecule has 0 aliphatic carbocycles. The fraction of sp³-hybridized carbons (Fsp3) is 0.588. The van der Waals surface area contributed by atoms with Crippen LogP contribution >= 0.6 is 0 Å². The molecule has 3 nitrogen and oxygen atoms in total. The van der Waals surface area contributed by atoms with Gasteiger partial charge in [-0.25, -0.2) is 0 Å². The van der Waals surface area contributed by atoms with E-state index in [-0.39, 0.29) is 0 Å². The lowest BCUT2D eigenvalue weighted by Gasteiger charge is -2.26. The van der Waals surface area contributed by atoms with Gasteiger partial charge in [0.2, 0.25) is 0 Å². The molecule has 2 heterocycles. The molecule has 0 unspecified atom stereocenters. The van der Waals surface area contributed by atoms with E-state index < -0.39 is 0 Å². The summed E-state index contributed by atoms with van der Waals surface area (Å²) in [6.07, 6.45) is 12.5. The van der Waals surface area contributed by atoms with Gasteiger partial charge in [0.05, 0.1) is 13.2 Å². The maximum atomic E-state index is 5.46. The molecule has 1 aromatic rings. The van der Waals surface area contributed by atoms with Crippen molar-refractivity contribution in [1.29, 1.82) is 0 Å². The Hall–Kier alpha value is -1.37. The number of pyridine rings is 1. The number of hydrogen-bond donors (Lipinski definition) is 0. The lowest BCUT2D eigenvalue weighted by Crippen LogP contribution is -2.36. The highest BCUT2D eigenvalue weighted by Crippen LogP contribution is 2.09. The molecule has 0 aromatic carbocycles. The average molecular weight is 274 g/mol. The van der Waals surface area contributed by atoms with E-state index in [1.165, 1.54) is 12.0 Å². The number of rotatable bonds is 4. The SMILES string of the molecule is C#Cc1ccncc1CCCN1CCOCC1.CCC. The maximum Gasteiger partial charge on any atom is 0.0594 e. The van der Waals surface area contributed by atoms with Crippen molar-refractivity contribution < 1.29 is 4.74 Å². The van der Waals surface area contributed by atoms with Crippen molar-refractivity contribution in [2.75, 3.05) is 32.8 Å². The zero-order valence-electron chi connectivity index (χ0n) is 12.8. The third kappa shape index (κ3) is 6.18. The number of hydrogen-bond acceptors (Lipinski definition) is 3. The summed E-state index contributed by atoms with van der Waals surface area (Å²) in [7, 11) is 0. The van der Waals surface area contributed by atoms with Crippen molar-refractivity contribution in [3.63, 3.8) is 0 Å². The highest BCUT2D eigenvalue weighted by atomic mass is 16.5. The van der Waals surface area contributed by atoms with Gasteiger partial charge in [-0.2, -0.15) is 0 Å². The van der Waals surface area contributed by atoms with Crippen LogP contribution in [0, 0.1) is 12.3 Å². The van der Waals surface area contributed by atoms with Crippen LogP contribution in [0.15, 0.2) is 18.5 Å². The fourth-order valence-electron chi connectivity index (χ4n) is 2.09. The van der Waals surface area contributed by atoms with Gasteiger partial charge < -0.3 is 4.74 Å². The zero-order valence-corrected chi connectivity index (χ0v) is 12.8. The van der Waals surface area contributed by atoms with Crippen LogP contribution in [0.5, 0.6) is 0 Å². The molecule has 0 spiro atoms. The summed E-state index contributed by atoms with van der Waals surface area (Å²) >= 11 is 0. The molecule has 3 heteroatoms. The van der Waals surface area contributed by atoms with E-state index in [9.17, 15) is 0 Å². The molecule has 1 aromatic heterocycles. The van der Waals surface area contributed by atoms with Gasteiger partial charge in [-0.05, 0) is 31.0 Å². The van der Waals surface area contributed by atoms with Crippen LogP contribution < -0.4 is 0 Å². The predicted octanol–water partition coefficient (Wildman–Crippen LogP) is 2.74. The van der Waals surface area contributed by atoms with E-state index in [1.807, 2.05) is 12.3 Å². The molecule has 20 heavy (non-hydrogen) atoms. The third-order valence-electron chi connectivity index (χ3n) is 3.08. The zero-order chi connectivity index (χ0) is 14.6. The van der Waals surface area contributed by atoms with Gasteiger partial charge in [-0.3, -0.25) is 9.88 Å². The quantitative estimate of drug-likeness (QED) is 0.789. The Bertz CT molecular complexity index is 406. The molecule has 1 saturated heterocycles. The number of aromatic nitrogens is 1. The Balaban J connectivity index is 0.000000612. The lowest BCUT2D eigenvalue weighted by molar-refractivity contribution is 0.0374. The van der Waals surface area contributed by atoms with Gasteiger partial charge >= 0.3 is 0 Å². The summed E-state index contributed by atoms with van der Waals surface area (Å²) in [4.78, 5) is 6.57. The minimum Gasteiger partial charge on any atom is -0.379 e. The fourth-order valence-corrected chi connectivity index (χ4v) is 2.09. The molecule has 0 radical (unpaired) electrons. The van der Waals surface area contributed by atoms with Gasteiger partial charge in [-0.15, -0.1) is 6.42 Å². The smallest absolute Gasteiger partial charge is 0.0594 e. The van der Waals surface area contributed by atoms with Gasteiger partial charge in [0.1, 0.15) is 0 Å². The Kier molecular flexibility index (Phi) is 8.69. The molecule has 110 valence electrons. The summed E-state index contributed by atoms with van der Waals surface area (Å²) in [5.41, 5.74) is 2.16. The van der Waals surface area contributed by atoms with E-state index >= 15 is 0 Å². The topological polar surface area (TPSA) is 25.4 Å². The second kappa shape index (κ2) is 10.4. The van der Waals surface area contributed by atoms with Crippen LogP contribution in [0.1, 0.15) is 37.8 Å². The van der Waals surface area contributed by atoms with Crippen molar-refractivity contribution in [3.8, 4) is 12.3 Å². The largest absolute Gasteiger partial charge is 0.379 e. The molecule has 0 N–H and O–H groups in total. The van der Waals surface area contributed by atoms with Crippen LogP contribution in [-0.2, 0) is 11.2 Å². The van der Waals surface area contributed by atoms with Crippen molar-refractivity contribution >= 4 is 0 Å². The first-order valence-electron chi connectivity index (χ1n) is 7.51. The van der Waals surface area contributed by atoms with E-state index in [2.05, 4.69) is 29.7 Å². The molecule has 1 aliphatic heterocycles. The van der Waals surface area contributed by atoms with Crippen LogP contribution in [0.4, 0.5) is 0 Å². The summed E-state index contributed by atoms with van der Waals surface area (Å²) in [5, 5.41) is 0. The van der Waals surface area contributed by atoms with Crippen LogP contribution in [0.3, 0.4) is 0 Å². The maximum absolute atomic E-state index is 5.46. The Morgan fingerprint density at radius 3 is 2.70 bits per heavy atom. The van der Waals surface area contributed by atoms with Gasteiger partial charge in [0.15, 0.2) is 0 Å². The number of ether oxygens (including phenoxy) is 1. The molecule has 0 atom stereocenters. The highest BCUT2D eigenvalue weighted by molar-refractivity contribution is 5.37. The highest BCUT2D eigenvalue weighted by Gasteiger charge is 2.09. The molecule has 0 bridgehead atoms. The second-order valence-electron chi connectivity index (χ2n) is 4.94. The average Bonchev–Trinajstić information content (AvgIpc) is 2.50. The summed E-state index contributed by atoms with van der Waals surface area (Å²) < 4.78 is 5.32. The van der Waals surface area contributed by atoms with Gasteiger partial charge in [-0.1, -0.05) is 26.2 Å². The minimum absolute atomic E-state index is 0.864. The molecular weight excluding hydrogens is 248 g/mol. The summed E-state index contributed by atoms with van der Waals surface area (Å²) in [5.74, 6) is 2.71. The van der Waals surface area contributed by atoms with Crippen LogP contribution in [0.25, 0.3) is 0 Å². The first-order chi connectivity index (χ1) is 9.81. The van der Waals surface area contributed by atoms with E-state index in [0.29, 0.717) is 0 Å². The van der Waals surface area contributed by atoms with Crippen molar-refractivity contribution in [2.45, 2.75) is 33.1 Å². The van der Waals surface area contributed by atoms with Gasteiger partial charge in [0, 0.05) is 31.0 Å². The summed E-state index contributed by atoms with van der Waals surface area (Å²) in [6.45, 7) is 9.19. The molecule has 1 aliphatic rings. The molecule has 0 saturated carbocycles. The van der Waals surface area contributed by atoms with Crippen molar-refractivity contribution in [1.82, 2.24) is 9.88 Å². The normalized spacial score (nSPS) is 15.1. The molecular formula is C17H26N2O. The molecule has 0 amide bonds. The predicted molar refractivity (Wildman–Crippen MR) is 83.7 cm³/mol. The van der Waals surface area contributed by atoms with E-state index in [1.54, 1.807) is 6.20 Å². The van der Waals surface area contributed by atoms with E-state index in [4.69, 9.17) is 11.2 Å². The number of aryl methyl sites for hydroxylation is 1. The first kappa shape index (κ1) is 16.7. The number of morpholine rings is 1. The Labute approximate surface area is 123 Å². The lowest BCUT2D eigenvalue weighted by atomic mass is 10.1. The third-order valence-corrected chi connectivity index (χ3v) is 3.08. The van der Waals surface area contributed by atoms with Crippen LogP contribution in [-0.4, -0.2) is 42.7 Å². The van der Waals surface area contributed by atoms with Crippen molar-refractivity contribution in [2.24, 2.45) is 0 Å². The molecule has 2 rings (SSSR count). The van der Waals surface area contributed by atoms with E-state index in [0.717, 1.165) is 51.3 Å². The summed E-state index contributed by atoms with van der Waals surface area (Å²) in [6, 6.07) is 1.91. The Morgan fingerprint density at radius 2 is 2.05 bits per heavy atom. The first-order valence-corrected chi connectivity index (χ1v) is 7.51. The molecule has 1 fully saturated rings. The van der Waals surface area contributed by atoms with Gasteiger partial charge in [0.25, 0.3) is 0 Å². The van der Waals surface area contributed by atoms with Crippen molar-refractivity contribution in [3.05, 3.63) is 29.6 Å². The number of terminal acetylenes is 1. The monoisotopic (exact) mass is 274 g/mol. The second-order valence-corrected chi connectivity index (χ2v) is 4.94. The van der Waals surface area contributed by atoms with Crippen LogP contribution in [0.2, 0.25) is 0 Å². The minimum atomic E-state index is 0.864. The number of nitrogens with zero attached hydrogens (tertiary/aromatic N) is 2. The Morgan fingerprint density at radius 1 is 1.35 bits per heavy atom. The standard InChI is InChI=1S/C14H18N2O.C3H8/c1-2-13-5-6-15-12-14(13)4-3-7-16-8-10-17-11-9-16;1-3-2/h1,5-6,12H,3-4,7-11H2;3H2,1-2H3.